The molecule has 0 aliphatic heterocycles. The number of aromatic amines is 1. The van der Waals surface area contributed by atoms with Crippen LogP contribution in [0.3, 0.4) is 0 Å². The van der Waals surface area contributed by atoms with Crippen LogP contribution in [0.2, 0.25) is 0 Å². The average Bonchev–Trinajstić information content (AvgIpc) is 2.21. The highest BCUT2D eigenvalue weighted by Gasteiger charge is 2.04. The molecule has 0 radical (unpaired) electrons. The number of nitrogens with two attached hydrogens (primary N) is 1. The van der Waals surface area contributed by atoms with E-state index in [1.807, 2.05) is 25.1 Å². The summed E-state index contributed by atoms with van der Waals surface area (Å²) in [5, 5.41) is 0.600. The summed E-state index contributed by atoms with van der Waals surface area (Å²) in [7, 11) is 0. The zero-order chi connectivity index (χ0) is 12.4. The Hall–Kier alpha value is -1.75. The summed E-state index contributed by atoms with van der Waals surface area (Å²) in [6, 6.07) is 7.14. The minimum atomic E-state index is -0.131. The van der Waals surface area contributed by atoms with Gasteiger partial charge in [0.25, 0.3) is 5.56 Å². The summed E-state index contributed by atoms with van der Waals surface area (Å²) < 4.78 is 0. The number of nitrogens with one attached hydrogen (secondary N) is 1. The summed E-state index contributed by atoms with van der Waals surface area (Å²) in [4.78, 5) is 19.3. The predicted molar refractivity (Wildman–Crippen MR) is 69.3 cm³/mol. The van der Waals surface area contributed by atoms with Crippen LogP contribution in [0, 0.1) is 13.8 Å². The largest absolute Gasteiger partial charge is 0.399 e. The Morgan fingerprint density at radius 1 is 1.29 bits per heavy atom. The van der Waals surface area contributed by atoms with Gasteiger partial charge in [0, 0.05) is 22.3 Å². The Kier molecular flexibility index (Phi) is 3.19. The van der Waals surface area contributed by atoms with Gasteiger partial charge in [0.05, 0.1) is 0 Å². The Balaban J connectivity index is 2.34. The highest BCUT2D eigenvalue weighted by molar-refractivity contribution is 7.99. The van der Waals surface area contributed by atoms with Crippen LogP contribution in [0.25, 0.3) is 0 Å². The highest BCUT2D eigenvalue weighted by atomic mass is 32.2. The SMILES string of the molecule is Cc1cc(=O)[nH]c(Sc2ccc(N)cc2C)n1. The molecule has 1 heterocycles. The zero-order valence-corrected chi connectivity index (χ0v) is 10.5. The van der Waals surface area contributed by atoms with Crippen LogP contribution in [0.5, 0.6) is 0 Å². The van der Waals surface area contributed by atoms with Crippen molar-refractivity contribution in [1.29, 1.82) is 0 Å². The van der Waals surface area contributed by atoms with Crippen molar-refractivity contribution in [2.24, 2.45) is 0 Å². The van der Waals surface area contributed by atoms with E-state index in [-0.39, 0.29) is 5.56 Å². The van der Waals surface area contributed by atoms with E-state index in [0.717, 1.165) is 16.1 Å². The molecule has 0 spiro atoms. The van der Waals surface area contributed by atoms with Gasteiger partial charge in [-0.05, 0) is 37.6 Å². The maximum atomic E-state index is 11.3. The van der Waals surface area contributed by atoms with Gasteiger partial charge < -0.3 is 10.7 Å². The van der Waals surface area contributed by atoms with E-state index < -0.39 is 0 Å². The van der Waals surface area contributed by atoms with Crippen LogP contribution in [-0.2, 0) is 0 Å². The van der Waals surface area contributed by atoms with Crippen LogP contribution in [0.1, 0.15) is 11.3 Å². The van der Waals surface area contributed by atoms with Gasteiger partial charge in [0.2, 0.25) is 0 Å². The van der Waals surface area contributed by atoms with E-state index in [9.17, 15) is 4.79 Å². The summed E-state index contributed by atoms with van der Waals surface area (Å²) in [5.41, 5.74) is 8.07. The first-order valence-corrected chi connectivity index (χ1v) is 5.98. The van der Waals surface area contributed by atoms with Gasteiger partial charge in [-0.2, -0.15) is 0 Å². The molecule has 0 saturated heterocycles. The smallest absolute Gasteiger partial charge is 0.251 e. The van der Waals surface area contributed by atoms with Crippen molar-refractivity contribution in [2.75, 3.05) is 5.73 Å². The fraction of sp³-hybridized carbons (Fsp3) is 0.167. The molecular formula is C12H13N3OS. The summed E-state index contributed by atoms with van der Waals surface area (Å²) in [6.45, 7) is 3.78. The van der Waals surface area contributed by atoms with Crippen molar-refractivity contribution in [3.8, 4) is 0 Å². The van der Waals surface area contributed by atoms with Crippen molar-refractivity contribution in [3.63, 3.8) is 0 Å². The first-order valence-electron chi connectivity index (χ1n) is 5.16. The number of rotatable bonds is 2. The number of H-pyrrole nitrogens is 1. The normalized spacial score (nSPS) is 10.5. The number of anilines is 1. The van der Waals surface area contributed by atoms with Crippen molar-refractivity contribution in [3.05, 3.63) is 45.9 Å². The Labute approximate surface area is 103 Å². The molecule has 0 aliphatic carbocycles. The second-order valence-electron chi connectivity index (χ2n) is 3.82. The first kappa shape index (κ1) is 11.7. The number of hydrogen-bond donors (Lipinski definition) is 2. The first-order chi connectivity index (χ1) is 8.04. The lowest BCUT2D eigenvalue weighted by molar-refractivity contribution is 0.905. The number of hydrogen-bond acceptors (Lipinski definition) is 4. The fourth-order valence-corrected chi connectivity index (χ4v) is 2.40. The molecule has 17 heavy (non-hydrogen) atoms. The molecule has 0 bridgehead atoms. The van der Waals surface area contributed by atoms with E-state index in [0.29, 0.717) is 10.9 Å². The second-order valence-corrected chi connectivity index (χ2v) is 4.85. The summed E-state index contributed by atoms with van der Waals surface area (Å²) in [6.07, 6.45) is 0. The fourth-order valence-electron chi connectivity index (χ4n) is 1.49. The second kappa shape index (κ2) is 4.63. The van der Waals surface area contributed by atoms with Gasteiger partial charge in [-0.1, -0.05) is 11.8 Å². The quantitative estimate of drug-likeness (QED) is 0.630. The lowest BCUT2D eigenvalue weighted by atomic mass is 10.2. The topological polar surface area (TPSA) is 71.8 Å². The predicted octanol–water partition coefficient (Wildman–Crippen LogP) is 2.12. The van der Waals surface area contributed by atoms with Crippen molar-refractivity contribution in [2.45, 2.75) is 23.9 Å². The van der Waals surface area contributed by atoms with Crippen molar-refractivity contribution >= 4 is 17.4 Å². The summed E-state index contributed by atoms with van der Waals surface area (Å²) in [5.74, 6) is 0. The summed E-state index contributed by atoms with van der Waals surface area (Å²) >= 11 is 1.43. The molecule has 0 saturated carbocycles. The molecule has 1 aromatic carbocycles. The van der Waals surface area contributed by atoms with E-state index in [2.05, 4.69) is 9.97 Å². The van der Waals surface area contributed by atoms with Gasteiger partial charge in [0.1, 0.15) is 0 Å². The van der Waals surface area contributed by atoms with Crippen LogP contribution in [0.4, 0.5) is 5.69 Å². The van der Waals surface area contributed by atoms with E-state index in [1.54, 1.807) is 6.92 Å². The van der Waals surface area contributed by atoms with Crippen LogP contribution >= 0.6 is 11.8 Å². The third kappa shape index (κ3) is 2.88. The molecule has 0 aliphatic rings. The molecule has 0 atom stereocenters. The molecule has 0 unspecified atom stereocenters. The lowest BCUT2D eigenvalue weighted by Gasteiger charge is -2.05. The molecule has 3 N–H and O–H groups in total. The van der Waals surface area contributed by atoms with Gasteiger partial charge in [-0.25, -0.2) is 4.98 Å². The molecule has 4 nitrogen and oxygen atoms in total. The molecule has 88 valence electrons. The molecular weight excluding hydrogens is 234 g/mol. The molecule has 1 aromatic heterocycles. The molecule has 2 rings (SSSR count). The average molecular weight is 247 g/mol. The highest BCUT2D eigenvalue weighted by Crippen LogP contribution is 2.28. The van der Waals surface area contributed by atoms with Gasteiger partial charge in [0.15, 0.2) is 5.16 Å². The standard InChI is InChI=1S/C12H13N3OS/c1-7-5-9(13)3-4-10(7)17-12-14-8(2)6-11(16)15-12/h3-6H,13H2,1-2H3,(H,14,15,16). The Morgan fingerprint density at radius 2 is 2.06 bits per heavy atom. The number of nitrogens with zero attached hydrogens (tertiary/aromatic N) is 1. The number of benzene rings is 1. The molecule has 0 amide bonds. The molecule has 2 aromatic rings. The number of aryl methyl sites for hydroxylation is 2. The van der Waals surface area contributed by atoms with Gasteiger partial charge in [-0.3, -0.25) is 4.79 Å². The third-order valence-corrected chi connectivity index (χ3v) is 3.32. The number of nitrogen functional groups attached to an aromatic ring is 1. The minimum absolute atomic E-state index is 0.131. The van der Waals surface area contributed by atoms with Crippen LogP contribution in [-0.4, -0.2) is 9.97 Å². The van der Waals surface area contributed by atoms with Crippen LogP contribution in [0.15, 0.2) is 39.1 Å². The maximum absolute atomic E-state index is 11.3. The van der Waals surface area contributed by atoms with E-state index >= 15 is 0 Å². The third-order valence-electron chi connectivity index (χ3n) is 2.25. The van der Waals surface area contributed by atoms with Crippen molar-refractivity contribution < 1.29 is 0 Å². The monoisotopic (exact) mass is 247 g/mol. The van der Waals surface area contributed by atoms with Crippen LogP contribution < -0.4 is 11.3 Å². The van der Waals surface area contributed by atoms with Crippen molar-refractivity contribution in [1.82, 2.24) is 9.97 Å². The minimum Gasteiger partial charge on any atom is -0.399 e. The number of aromatic nitrogens is 2. The Bertz CT molecular complexity index is 607. The van der Waals surface area contributed by atoms with Gasteiger partial charge >= 0.3 is 0 Å². The van der Waals surface area contributed by atoms with E-state index in [4.69, 9.17) is 5.73 Å². The molecule has 5 heteroatoms. The Morgan fingerprint density at radius 3 is 2.71 bits per heavy atom. The van der Waals surface area contributed by atoms with Gasteiger partial charge in [-0.15, -0.1) is 0 Å². The van der Waals surface area contributed by atoms with E-state index in [1.165, 1.54) is 17.8 Å². The molecule has 0 fully saturated rings. The zero-order valence-electron chi connectivity index (χ0n) is 9.65. The lowest BCUT2D eigenvalue weighted by Crippen LogP contribution is -2.07. The maximum Gasteiger partial charge on any atom is 0.251 e.